The van der Waals surface area contributed by atoms with Crippen LogP contribution in [0.4, 0.5) is 13.2 Å². The van der Waals surface area contributed by atoms with E-state index in [-0.39, 0.29) is 30.5 Å². The molecule has 26 heavy (non-hydrogen) atoms. The normalized spacial score (nSPS) is 11.1. The fourth-order valence-electron chi connectivity index (χ4n) is 1.91. The van der Waals surface area contributed by atoms with Crippen molar-refractivity contribution in [2.24, 2.45) is 0 Å². The number of carbonyl (C=O) groups is 1. The highest BCUT2D eigenvalue weighted by atomic mass is 35.5. The van der Waals surface area contributed by atoms with Gasteiger partial charge >= 0.3 is 6.18 Å². The third-order valence-corrected chi connectivity index (χ3v) is 3.64. The number of alkyl halides is 3. The van der Waals surface area contributed by atoms with Gasteiger partial charge in [-0.05, 0) is 36.4 Å². The van der Waals surface area contributed by atoms with Crippen LogP contribution in [-0.2, 0) is 11.0 Å². The van der Waals surface area contributed by atoms with Gasteiger partial charge in [0.25, 0.3) is 5.91 Å². The van der Waals surface area contributed by atoms with Gasteiger partial charge in [0.05, 0.1) is 17.1 Å². The molecular weight excluding hydrogens is 394 g/mol. The molecule has 0 spiro atoms. The minimum absolute atomic E-state index is 0.00868. The zero-order valence-corrected chi connectivity index (χ0v) is 14.8. The van der Waals surface area contributed by atoms with Gasteiger partial charge in [-0.25, -0.2) is 0 Å². The van der Waals surface area contributed by atoms with Gasteiger partial charge in [-0.15, -0.1) is 0 Å². The van der Waals surface area contributed by atoms with Gasteiger partial charge in [0, 0.05) is 5.02 Å². The Kier molecular flexibility index (Phi) is 6.99. The van der Waals surface area contributed by atoms with Crippen molar-refractivity contribution in [3.8, 4) is 11.5 Å². The first kappa shape index (κ1) is 20.2. The van der Waals surface area contributed by atoms with Crippen LogP contribution in [0.5, 0.6) is 11.5 Å². The van der Waals surface area contributed by atoms with E-state index in [9.17, 15) is 18.0 Å². The van der Waals surface area contributed by atoms with E-state index in [2.05, 4.69) is 5.32 Å². The Bertz CT molecular complexity index is 769. The average molecular weight is 408 g/mol. The van der Waals surface area contributed by atoms with E-state index in [4.69, 9.17) is 32.7 Å². The van der Waals surface area contributed by atoms with E-state index in [1.54, 1.807) is 6.07 Å². The molecule has 0 aliphatic carbocycles. The number of hydrogen-bond acceptors (Lipinski definition) is 3. The predicted molar refractivity (Wildman–Crippen MR) is 91.9 cm³/mol. The quantitative estimate of drug-likeness (QED) is 0.683. The summed E-state index contributed by atoms with van der Waals surface area (Å²) < 4.78 is 48.2. The lowest BCUT2D eigenvalue weighted by atomic mass is 10.2. The number of ether oxygens (including phenoxy) is 2. The maximum atomic E-state index is 12.6. The molecule has 0 saturated carbocycles. The highest BCUT2D eigenvalue weighted by Crippen LogP contribution is 2.31. The summed E-state index contributed by atoms with van der Waals surface area (Å²) >= 11 is 11.7. The minimum Gasteiger partial charge on any atom is -0.492 e. The van der Waals surface area contributed by atoms with Crippen LogP contribution < -0.4 is 14.8 Å². The maximum absolute atomic E-state index is 12.6. The minimum atomic E-state index is -4.44. The molecule has 140 valence electrons. The van der Waals surface area contributed by atoms with E-state index in [1.165, 1.54) is 24.3 Å². The fraction of sp³-hybridized carbons (Fsp3) is 0.235. The first-order valence-electron chi connectivity index (χ1n) is 7.40. The molecule has 2 rings (SSSR count). The lowest BCUT2D eigenvalue weighted by Gasteiger charge is -2.11. The first-order chi connectivity index (χ1) is 12.3. The first-order valence-corrected chi connectivity index (χ1v) is 8.16. The Morgan fingerprint density at radius 3 is 2.54 bits per heavy atom. The molecular formula is C17H14Cl2F3NO3. The van der Waals surface area contributed by atoms with Crippen LogP contribution in [0.1, 0.15) is 5.56 Å². The number of nitrogens with one attached hydrogen (secondary N) is 1. The van der Waals surface area contributed by atoms with Crippen molar-refractivity contribution in [2.45, 2.75) is 6.18 Å². The van der Waals surface area contributed by atoms with E-state index in [1.807, 2.05) is 0 Å². The summed E-state index contributed by atoms with van der Waals surface area (Å²) in [5.74, 6) is -0.0478. The van der Waals surface area contributed by atoms with Crippen molar-refractivity contribution in [1.29, 1.82) is 0 Å². The van der Waals surface area contributed by atoms with Gasteiger partial charge in [0.2, 0.25) is 0 Å². The van der Waals surface area contributed by atoms with Crippen molar-refractivity contribution >= 4 is 29.1 Å². The molecule has 1 amide bonds. The highest BCUT2D eigenvalue weighted by Gasteiger charge is 2.30. The van der Waals surface area contributed by atoms with Crippen molar-refractivity contribution in [3.63, 3.8) is 0 Å². The van der Waals surface area contributed by atoms with Crippen molar-refractivity contribution in [1.82, 2.24) is 5.32 Å². The van der Waals surface area contributed by atoms with Crippen LogP contribution in [0.15, 0.2) is 42.5 Å². The maximum Gasteiger partial charge on any atom is 0.416 e. The molecule has 0 heterocycles. The number of hydrogen-bond donors (Lipinski definition) is 1. The second kappa shape index (κ2) is 9.00. The Labute approximate surface area is 157 Å². The van der Waals surface area contributed by atoms with E-state index < -0.39 is 17.6 Å². The lowest BCUT2D eigenvalue weighted by Crippen LogP contribution is -2.32. The molecule has 0 saturated heterocycles. The molecule has 4 nitrogen and oxygen atoms in total. The summed E-state index contributed by atoms with van der Waals surface area (Å²) in [5.41, 5.74) is -0.799. The zero-order chi connectivity index (χ0) is 19.2. The predicted octanol–water partition coefficient (Wildman–Crippen LogP) is 4.59. The topological polar surface area (TPSA) is 47.6 Å². The van der Waals surface area contributed by atoms with Crippen LogP contribution in [-0.4, -0.2) is 25.7 Å². The molecule has 0 fully saturated rings. The number of amides is 1. The number of benzene rings is 2. The Morgan fingerprint density at radius 2 is 1.85 bits per heavy atom. The third kappa shape index (κ3) is 6.31. The van der Waals surface area contributed by atoms with Gasteiger partial charge in [-0.2, -0.15) is 13.2 Å². The molecule has 0 aromatic heterocycles. The van der Waals surface area contributed by atoms with Gasteiger partial charge in [-0.1, -0.05) is 29.3 Å². The Balaban J connectivity index is 1.72. The van der Waals surface area contributed by atoms with Crippen LogP contribution in [0.2, 0.25) is 10.0 Å². The largest absolute Gasteiger partial charge is 0.492 e. The summed E-state index contributed by atoms with van der Waals surface area (Å²) in [4.78, 5) is 11.7. The Morgan fingerprint density at radius 1 is 1.08 bits per heavy atom. The molecule has 0 unspecified atom stereocenters. The summed E-state index contributed by atoms with van der Waals surface area (Å²) in [5, 5.41) is 3.24. The summed E-state index contributed by atoms with van der Waals surface area (Å²) in [6, 6.07) is 9.10. The van der Waals surface area contributed by atoms with Crippen LogP contribution in [0.3, 0.4) is 0 Å². The molecule has 0 aliphatic rings. The monoisotopic (exact) mass is 407 g/mol. The third-order valence-electron chi connectivity index (χ3n) is 3.11. The summed E-state index contributed by atoms with van der Waals surface area (Å²) in [6.45, 7) is -0.160. The smallest absolute Gasteiger partial charge is 0.416 e. The van der Waals surface area contributed by atoms with Crippen molar-refractivity contribution in [2.75, 3.05) is 19.8 Å². The van der Waals surface area contributed by atoms with E-state index in [0.717, 1.165) is 12.1 Å². The number of rotatable bonds is 7. The SMILES string of the molecule is O=C(COc1ccc(Cl)cc1Cl)NCCOc1cccc(C(F)(F)F)c1. The van der Waals surface area contributed by atoms with Crippen LogP contribution in [0, 0.1) is 0 Å². The molecule has 0 bridgehead atoms. The molecule has 9 heteroatoms. The number of halogens is 5. The molecule has 0 radical (unpaired) electrons. The van der Waals surface area contributed by atoms with Crippen molar-refractivity contribution in [3.05, 3.63) is 58.1 Å². The summed E-state index contributed by atoms with van der Waals surface area (Å²) in [6.07, 6.45) is -4.44. The average Bonchev–Trinajstić information content (AvgIpc) is 2.57. The molecule has 0 atom stereocenters. The number of carbonyl (C=O) groups excluding carboxylic acids is 1. The second-order valence-electron chi connectivity index (χ2n) is 5.09. The standard InChI is InChI=1S/C17H14Cl2F3NO3/c18-12-4-5-15(14(19)9-12)26-10-16(24)23-6-7-25-13-3-1-2-11(8-13)17(20,21)22/h1-5,8-9H,6-7,10H2,(H,23,24). The highest BCUT2D eigenvalue weighted by molar-refractivity contribution is 6.35. The van der Waals surface area contributed by atoms with E-state index in [0.29, 0.717) is 10.8 Å². The van der Waals surface area contributed by atoms with Gasteiger partial charge in [-0.3, -0.25) is 4.79 Å². The van der Waals surface area contributed by atoms with Gasteiger partial charge in [0.1, 0.15) is 18.1 Å². The van der Waals surface area contributed by atoms with Crippen molar-refractivity contribution < 1.29 is 27.4 Å². The molecule has 2 aromatic carbocycles. The zero-order valence-electron chi connectivity index (χ0n) is 13.3. The molecule has 1 N–H and O–H groups in total. The van der Waals surface area contributed by atoms with Crippen LogP contribution in [0.25, 0.3) is 0 Å². The molecule has 2 aromatic rings. The fourth-order valence-corrected chi connectivity index (χ4v) is 2.37. The van der Waals surface area contributed by atoms with E-state index >= 15 is 0 Å². The summed E-state index contributed by atoms with van der Waals surface area (Å²) in [7, 11) is 0. The van der Waals surface area contributed by atoms with Gasteiger partial charge in [0.15, 0.2) is 6.61 Å². The second-order valence-corrected chi connectivity index (χ2v) is 5.93. The van der Waals surface area contributed by atoms with Gasteiger partial charge < -0.3 is 14.8 Å². The lowest BCUT2D eigenvalue weighted by molar-refractivity contribution is -0.137. The Hall–Kier alpha value is -2.12. The molecule has 0 aliphatic heterocycles. The van der Waals surface area contributed by atoms with Crippen LogP contribution >= 0.6 is 23.2 Å².